The number of aliphatic hydroxyl groups is 1. The van der Waals surface area contributed by atoms with Crippen LogP contribution in [0.25, 0.3) is 0 Å². The number of hydrogen-bond acceptors (Lipinski definition) is 4. The third kappa shape index (κ3) is 1.63. The van der Waals surface area contributed by atoms with Crippen LogP contribution < -0.4 is 4.90 Å². The van der Waals surface area contributed by atoms with Gasteiger partial charge in [0.25, 0.3) is 11.8 Å². The fourth-order valence-corrected chi connectivity index (χ4v) is 2.15. The first-order valence-corrected chi connectivity index (χ1v) is 5.76. The standard InChI is InChI=1S/C14H10N2O3/c17-8-9-4-1-2-6-11(9)16-13(18)10-5-3-7-15-12(10)14(16)19/h1-7,17H,8H2. The van der Waals surface area contributed by atoms with Gasteiger partial charge in [0.2, 0.25) is 0 Å². The third-order valence-electron chi connectivity index (χ3n) is 3.05. The normalized spacial score (nSPS) is 13.8. The molecule has 0 spiro atoms. The van der Waals surface area contributed by atoms with Crippen molar-refractivity contribution in [2.75, 3.05) is 4.90 Å². The lowest BCUT2D eigenvalue weighted by molar-refractivity contribution is 0.0924. The molecule has 1 aromatic heterocycles. The van der Waals surface area contributed by atoms with Crippen molar-refractivity contribution in [3.8, 4) is 0 Å². The second-order valence-electron chi connectivity index (χ2n) is 4.13. The van der Waals surface area contributed by atoms with E-state index in [1.807, 2.05) is 0 Å². The van der Waals surface area contributed by atoms with Gasteiger partial charge in [-0.1, -0.05) is 18.2 Å². The predicted molar refractivity (Wildman–Crippen MR) is 67.7 cm³/mol. The first-order valence-electron chi connectivity index (χ1n) is 5.76. The number of rotatable bonds is 2. The number of amides is 2. The van der Waals surface area contributed by atoms with Gasteiger partial charge in [0.05, 0.1) is 17.9 Å². The van der Waals surface area contributed by atoms with Crippen molar-refractivity contribution < 1.29 is 14.7 Å². The van der Waals surface area contributed by atoms with Crippen LogP contribution in [0.4, 0.5) is 5.69 Å². The number of pyridine rings is 1. The van der Waals surface area contributed by atoms with Crippen molar-refractivity contribution in [1.82, 2.24) is 4.98 Å². The molecule has 3 rings (SSSR count). The van der Waals surface area contributed by atoms with Crippen LogP contribution in [0.15, 0.2) is 42.6 Å². The first-order chi connectivity index (χ1) is 9.24. The molecule has 1 aliphatic rings. The molecule has 94 valence electrons. The molecule has 2 aromatic rings. The Morgan fingerprint density at radius 3 is 2.58 bits per heavy atom. The molecule has 0 saturated carbocycles. The summed E-state index contributed by atoms with van der Waals surface area (Å²) < 4.78 is 0. The van der Waals surface area contributed by atoms with E-state index in [9.17, 15) is 14.7 Å². The van der Waals surface area contributed by atoms with Crippen LogP contribution in [0.3, 0.4) is 0 Å². The molecule has 1 aliphatic heterocycles. The van der Waals surface area contributed by atoms with E-state index in [-0.39, 0.29) is 12.3 Å². The van der Waals surface area contributed by atoms with Crippen LogP contribution >= 0.6 is 0 Å². The number of aromatic nitrogens is 1. The Hall–Kier alpha value is -2.53. The number of fused-ring (bicyclic) bond motifs is 1. The van der Waals surface area contributed by atoms with Crippen molar-refractivity contribution in [3.63, 3.8) is 0 Å². The largest absolute Gasteiger partial charge is 0.392 e. The van der Waals surface area contributed by atoms with E-state index in [4.69, 9.17) is 0 Å². The Kier molecular flexibility index (Phi) is 2.61. The summed E-state index contributed by atoms with van der Waals surface area (Å²) in [6, 6.07) is 9.95. The Bertz CT molecular complexity index is 647. The number of aliphatic hydroxyl groups excluding tert-OH is 1. The van der Waals surface area contributed by atoms with Crippen molar-refractivity contribution in [2.45, 2.75) is 6.61 Å². The number of carbonyl (C=O) groups excluding carboxylic acids is 2. The Morgan fingerprint density at radius 1 is 1.05 bits per heavy atom. The van der Waals surface area contributed by atoms with Crippen molar-refractivity contribution in [2.24, 2.45) is 0 Å². The van der Waals surface area contributed by atoms with Crippen LogP contribution in [0.2, 0.25) is 0 Å². The fourth-order valence-electron chi connectivity index (χ4n) is 2.15. The molecule has 1 aromatic carbocycles. The molecule has 0 radical (unpaired) electrons. The van der Waals surface area contributed by atoms with Crippen molar-refractivity contribution in [1.29, 1.82) is 0 Å². The molecule has 19 heavy (non-hydrogen) atoms. The van der Waals surface area contributed by atoms with E-state index >= 15 is 0 Å². The summed E-state index contributed by atoms with van der Waals surface area (Å²) in [4.78, 5) is 29.5. The summed E-state index contributed by atoms with van der Waals surface area (Å²) in [5, 5.41) is 9.30. The molecule has 5 heteroatoms. The SMILES string of the molecule is O=C1c2cccnc2C(=O)N1c1ccccc1CO. The average molecular weight is 254 g/mol. The van der Waals surface area contributed by atoms with Gasteiger partial charge < -0.3 is 5.11 Å². The van der Waals surface area contributed by atoms with Crippen molar-refractivity contribution >= 4 is 17.5 Å². The molecule has 0 saturated heterocycles. The van der Waals surface area contributed by atoms with E-state index in [1.54, 1.807) is 36.4 Å². The molecular weight excluding hydrogens is 244 g/mol. The summed E-state index contributed by atoms with van der Waals surface area (Å²) in [5.74, 6) is -0.865. The zero-order valence-electron chi connectivity index (χ0n) is 9.91. The molecule has 5 nitrogen and oxygen atoms in total. The number of benzene rings is 1. The summed E-state index contributed by atoms with van der Waals surface area (Å²) >= 11 is 0. The number of para-hydroxylation sites is 1. The summed E-state index contributed by atoms with van der Waals surface area (Å²) in [5.41, 5.74) is 1.37. The van der Waals surface area contributed by atoms with E-state index in [0.717, 1.165) is 4.90 Å². The summed E-state index contributed by atoms with van der Waals surface area (Å²) in [7, 11) is 0. The molecule has 2 amide bonds. The van der Waals surface area contributed by atoms with Crippen LogP contribution in [0.1, 0.15) is 26.4 Å². The van der Waals surface area contributed by atoms with Crippen LogP contribution in [0.5, 0.6) is 0 Å². The summed E-state index contributed by atoms with van der Waals surface area (Å²) in [6.07, 6.45) is 1.48. The Morgan fingerprint density at radius 2 is 1.84 bits per heavy atom. The lowest BCUT2D eigenvalue weighted by Crippen LogP contribution is -2.30. The third-order valence-corrected chi connectivity index (χ3v) is 3.05. The molecule has 2 heterocycles. The predicted octanol–water partition coefficient (Wildman–Crippen LogP) is 1.37. The van der Waals surface area contributed by atoms with Crippen LogP contribution in [-0.4, -0.2) is 21.9 Å². The number of nitrogens with zero attached hydrogens (tertiary/aromatic N) is 2. The first kappa shape index (κ1) is 11.6. The molecule has 0 unspecified atom stereocenters. The second-order valence-corrected chi connectivity index (χ2v) is 4.13. The Balaban J connectivity index is 2.14. The van der Waals surface area contributed by atoms with Gasteiger partial charge in [-0.05, 0) is 18.2 Å². The highest BCUT2D eigenvalue weighted by Crippen LogP contribution is 2.29. The minimum Gasteiger partial charge on any atom is -0.392 e. The highest BCUT2D eigenvalue weighted by Gasteiger charge is 2.38. The van der Waals surface area contributed by atoms with Gasteiger partial charge in [0.1, 0.15) is 5.69 Å². The maximum atomic E-state index is 12.3. The number of imide groups is 1. The highest BCUT2D eigenvalue weighted by molar-refractivity contribution is 6.33. The molecule has 1 N–H and O–H groups in total. The van der Waals surface area contributed by atoms with Gasteiger partial charge in [0, 0.05) is 11.8 Å². The zero-order valence-corrected chi connectivity index (χ0v) is 9.91. The topological polar surface area (TPSA) is 70.5 Å². The van der Waals surface area contributed by atoms with Crippen molar-refractivity contribution in [3.05, 3.63) is 59.4 Å². The monoisotopic (exact) mass is 254 g/mol. The number of hydrogen-bond donors (Lipinski definition) is 1. The average Bonchev–Trinajstić information content (AvgIpc) is 2.71. The zero-order chi connectivity index (χ0) is 13.4. The molecule has 0 fully saturated rings. The fraction of sp³-hybridized carbons (Fsp3) is 0.0714. The second kappa shape index (κ2) is 4.29. The quantitative estimate of drug-likeness (QED) is 0.822. The van der Waals surface area contributed by atoms with Gasteiger partial charge in [0.15, 0.2) is 0 Å². The van der Waals surface area contributed by atoms with Crippen LogP contribution in [-0.2, 0) is 6.61 Å². The maximum Gasteiger partial charge on any atom is 0.284 e. The molecule has 0 atom stereocenters. The minimum absolute atomic E-state index is 0.153. The maximum absolute atomic E-state index is 12.3. The van der Waals surface area contributed by atoms with Gasteiger partial charge in [-0.2, -0.15) is 0 Å². The van der Waals surface area contributed by atoms with E-state index in [0.29, 0.717) is 16.8 Å². The highest BCUT2D eigenvalue weighted by atomic mass is 16.3. The van der Waals surface area contributed by atoms with Crippen LogP contribution in [0, 0.1) is 0 Å². The Labute approximate surface area is 109 Å². The van der Waals surface area contributed by atoms with Gasteiger partial charge in [-0.3, -0.25) is 14.6 Å². The lowest BCUT2D eigenvalue weighted by atomic mass is 10.1. The number of carbonyl (C=O) groups is 2. The van der Waals surface area contributed by atoms with Gasteiger partial charge >= 0.3 is 0 Å². The lowest BCUT2D eigenvalue weighted by Gasteiger charge is -2.16. The minimum atomic E-state index is -0.457. The molecule has 0 bridgehead atoms. The summed E-state index contributed by atoms with van der Waals surface area (Å²) in [6.45, 7) is -0.239. The molecular formula is C14H10N2O3. The van der Waals surface area contributed by atoms with E-state index in [1.165, 1.54) is 6.20 Å². The van der Waals surface area contributed by atoms with E-state index < -0.39 is 11.8 Å². The number of anilines is 1. The molecule has 0 aliphatic carbocycles. The van der Waals surface area contributed by atoms with Gasteiger partial charge in [-0.15, -0.1) is 0 Å². The smallest absolute Gasteiger partial charge is 0.284 e. The van der Waals surface area contributed by atoms with Gasteiger partial charge in [-0.25, -0.2) is 4.90 Å². The van der Waals surface area contributed by atoms with E-state index in [2.05, 4.69) is 4.98 Å².